The largest absolute Gasteiger partial charge is 0.356 e. The van der Waals surface area contributed by atoms with Crippen molar-refractivity contribution in [3.8, 4) is 0 Å². The number of amidine groups is 2. The topological polar surface area (TPSA) is 37.7 Å². The van der Waals surface area contributed by atoms with Gasteiger partial charge in [-0.2, -0.15) is 0 Å². The van der Waals surface area contributed by atoms with E-state index in [0.29, 0.717) is 0 Å². The molecule has 0 radical (unpaired) electrons. The zero-order valence-electron chi connectivity index (χ0n) is 19.2. The van der Waals surface area contributed by atoms with Crippen molar-refractivity contribution in [1.29, 1.82) is 0 Å². The lowest BCUT2D eigenvalue weighted by molar-refractivity contribution is 0.478. The molecule has 0 aliphatic carbocycles. The Balaban J connectivity index is 1.42. The van der Waals surface area contributed by atoms with Crippen LogP contribution in [0.4, 0.5) is 0 Å². The highest BCUT2D eigenvalue weighted by Crippen LogP contribution is 2.27. The third kappa shape index (κ3) is 2.91. The maximum atomic E-state index is 5.31. The normalized spacial score (nSPS) is 24.8. The van der Waals surface area contributed by atoms with Gasteiger partial charge in [0.2, 0.25) is 0 Å². The SMILES string of the molecule is c1c2c(cc3c1=C(N1CCCC1)N=C3N1CCCC1)=C(N1CCCC1)N=C2N1CCCC1. The summed E-state index contributed by atoms with van der Waals surface area (Å²) in [6.45, 7) is 9.12. The maximum absolute atomic E-state index is 5.31. The lowest BCUT2D eigenvalue weighted by Crippen LogP contribution is -2.35. The van der Waals surface area contributed by atoms with Gasteiger partial charge in [-0.1, -0.05) is 0 Å². The molecule has 6 aliphatic heterocycles. The molecule has 0 atom stereocenters. The van der Waals surface area contributed by atoms with Crippen LogP contribution in [-0.2, 0) is 0 Å². The summed E-state index contributed by atoms with van der Waals surface area (Å²) in [5.41, 5.74) is 2.70. The number of nitrogens with zero attached hydrogens (tertiary/aromatic N) is 6. The summed E-state index contributed by atoms with van der Waals surface area (Å²) in [7, 11) is 0. The van der Waals surface area contributed by atoms with Crippen LogP contribution in [-0.4, -0.2) is 83.6 Å². The van der Waals surface area contributed by atoms with Crippen LogP contribution in [0.5, 0.6) is 0 Å². The van der Waals surface area contributed by atoms with Gasteiger partial charge >= 0.3 is 0 Å². The summed E-state index contributed by atoms with van der Waals surface area (Å²) in [6, 6.07) is 4.93. The molecule has 32 heavy (non-hydrogen) atoms. The first-order valence-electron chi connectivity index (χ1n) is 13.0. The number of rotatable bonds is 2. The van der Waals surface area contributed by atoms with E-state index in [1.54, 1.807) is 0 Å². The number of hydrogen-bond donors (Lipinski definition) is 0. The lowest BCUT2D eigenvalue weighted by atomic mass is 10.0. The van der Waals surface area contributed by atoms with Gasteiger partial charge in [0.25, 0.3) is 0 Å². The number of benzene rings is 1. The minimum absolute atomic E-state index is 1.14. The Hall–Kier alpha value is -2.50. The predicted molar refractivity (Wildman–Crippen MR) is 129 cm³/mol. The van der Waals surface area contributed by atoms with Crippen molar-refractivity contribution in [2.45, 2.75) is 51.4 Å². The first kappa shape index (κ1) is 19.0. The molecule has 4 fully saturated rings. The van der Waals surface area contributed by atoms with Crippen molar-refractivity contribution in [3.05, 3.63) is 33.7 Å². The molecule has 6 nitrogen and oxygen atoms in total. The average molecular weight is 431 g/mol. The monoisotopic (exact) mass is 430 g/mol. The Labute approximate surface area is 190 Å². The fraction of sp³-hybridized carbons (Fsp3) is 0.615. The van der Waals surface area contributed by atoms with Crippen molar-refractivity contribution in [3.63, 3.8) is 0 Å². The number of aliphatic imine (C=N–C) groups is 2. The van der Waals surface area contributed by atoms with E-state index in [4.69, 9.17) is 9.98 Å². The Morgan fingerprint density at radius 2 is 0.750 bits per heavy atom. The van der Waals surface area contributed by atoms with E-state index >= 15 is 0 Å². The number of likely N-dealkylation sites (tertiary alicyclic amines) is 4. The van der Waals surface area contributed by atoms with Gasteiger partial charge in [0.15, 0.2) is 0 Å². The third-order valence-corrected chi connectivity index (χ3v) is 8.17. The summed E-state index contributed by atoms with van der Waals surface area (Å²) in [5.74, 6) is 4.88. The molecule has 6 heterocycles. The summed E-state index contributed by atoms with van der Waals surface area (Å²) >= 11 is 0. The quantitative estimate of drug-likeness (QED) is 0.716. The zero-order valence-corrected chi connectivity index (χ0v) is 19.2. The molecule has 7 rings (SSSR count). The Morgan fingerprint density at radius 3 is 1.09 bits per heavy atom. The molecule has 6 aliphatic rings. The molecule has 0 spiro atoms. The van der Waals surface area contributed by atoms with E-state index in [9.17, 15) is 0 Å². The Kier molecular flexibility index (Phi) is 4.47. The van der Waals surface area contributed by atoms with Crippen LogP contribution >= 0.6 is 0 Å². The third-order valence-electron chi connectivity index (χ3n) is 8.17. The average Bonchev–Trinajstić information content (AvgIpc) is 3.65. The van der Waals surface area contributed by atoms with Gasteiger partial charge in [-0.15, -0.1) is 0 Å². The molecule has 0 unspecified atom stereocenters. The molecule has 4 saturated heterocycles. The van der Waals surface area contributed by atoms with Crippen molar-refractivity contribution < 1.29 is 0 Å². The fourth-order valence-corrected chi connectivity index (χ4v) is 6.46. The van der Waals surface area contributed by atoms with Crippen LogP contribution in [0.3, 0.4) is 0 Å². The standard InChI is InChI=1S/C26H34N6/c1-2-10-29(9-1)23-19-17-21-22(18-20(19)24(27-23)30-11-3-4-12-30)26(32-15-7-8-16-32)28-25(21)31-13-5-6-14-31/h17-18H,1-16H2. The van der Waals surface area contributed by atoms with Gasteiger partial charge in [-0.05, 0) is 63.5 Å². The molecule has 6 heteroatoms. The van der Waals surface area contributed by atoms with Crippen LogP contribution in [0.2, 0.25) is 0 Å². The van der Waals surface area contributed by atoms with Gasteiger partial charge in [-0.3, -0.25) is 0 Å². The van der Waals surface area contributed by atoms with Gasteiger partial charge < -0.3 is 19.6 Å². The second kappa shape index (κ2) is 7.53. The summed E-state index contributed by atoms with van der Waals surface area (Å²) in [4.78, 5) is 20.7. The number of hydrogen-bond acceptors (Lipinski definition) is 6. The van der Waals surface area contributed by atoms with Crippen molar-refractivity contribution in [2.24, 2.45) is 9.98 Å². The first-order valence-corrected chi connectivity index (χ1v) is 13.0. The first-order chi connectivity index (χ1) is 15.9. The molecule has 0 aromatic heterocycles. The summed E-state index contributed by atoms with van der Waals surface area (Å²) in [6.07, 6.45) is 10.3. The van der Waals surface area contributed by atoms with E-state index in [1.807, 2.05) is 0 Å². The minimum atomic E-state index is 1.14. The van der Waals surface area contributed by atoms with E-state index in [2.05, 4.69) is 31.7 Å². The molecular weight excluding hydrogens is 396 g/mol. The fourth-order valence-electron chi connectivity index (χ4n) is 6.46. The van der Waals surface area contributed by atoms with Crippen molar-refractivity contribution >= 4 is 23.3 Å². The van der Waals surface area contributed by atoms with Crippen LogP contribution in [0.15, 0.2) is 22.1 Å². The van der Waals surface area contributed by atoms with Crippen LogP contribution in [0, 0.1) is 0 Å². The van der Waals surface area contributed by atoms with Gasteiger partial charge in [-0.25, -0.2) is 9.98 Å². The van der Waals surface area contributed by atoms with Crippen LogP contribution in [0.1, 0.15) is 62.5 Å². The van der Waals surface area contributed by atoms with Crippen molar-refractivity contribution in [1.82, 2.24) is 19.6 Å². The van der Waals surface area contributed by atoms with E-state index in [1.165, 1.54) is 96.2 Å². The Morgan fingerprint density at radius 1 is 0.438 bits per heavy atom. The van der Waals surface area contributed by atoms with E-state index < -0.39 is 0 Å². The summed E-state index contributed by atoms with van der Waals surface area (Å²) in [5, 5.41) is 2.70. The molecule has 1 aromatic carbocycles. The summed E-state index contributed by atoms with van der Waals surface area (Å²) < 4.78 is 0. The minimum Gasteiger partial charge on any atom is -0.356 e. The molecular formula is C26H34N6. The van der Waals surface area contributed by atoms with Crippen LogP contribution in [0.25, 0.3) is 11.6 Å². The zero-order chi connectivity index (χ0) is 21.1. The van der Waals surface area contributed by atoms with E-state index in [-0.39, 0.29) is 0 Å². The highest BCUT2D eigenvalue weighted by molar-refractivity contribution is 6.08. The molecule has 0 amide bonds. The highest BCUT2D eigenvalue weighted by Gasteiger charge is 2.32. The van der Waals surface area contributed by atoms with Crippen LogP contribution < -0.4 is 10.4 Å². The van der Waals surface area contributed by atoms with E-state index in [0.717, 1.165) is 52.4 Å². The highest BCUT2D eigenvalue weighted by atomic mass is 15.3. The maximum Gasteiger partial charge on any atom is 0.139 e. The van der Waals surface area contributed by atoms with Gasteiger partial charge in [0.05, 0.1) is 0 Å². The number of fused-ring (bicyclic) bond motifs is 2. The predicted octanol–water partition coefficient (Wildman–Crippen LogP) is 1.72. The lowest BCUT2D eigenvalue weighted by Gasteiger charge is -2.19. The van der Waals surface area contributed by atoms with Gasteiger partial charge in [0.1, 0.15) is 23.3 Å². The molecule has 0 saturated carbocycles. The molecule has 1 aromatic rings. The molecule has 168 valence electrons. The molecule has 0 N–H and O–H groups in total. The molecule has 0 bridgehead atoms. The smallest absolute Gasteiger partial charge is 0.139 e. The Bertz CT molecular complexity index is 1020. The van der Waals surface area contributed by atoms with Crippen molar-refractivity contribution in [2.75, 3.05) is 52.4 Å². The second-order valence-corrected chi connectivity index (χ2v) is 10.2. The second-order valence-electron chi connectivity index (χ2n) is 10.2. The van der Waals surface area contributed by atoms with Gasteiger partial charge in [0, 0.05) is 73.9 Å².